The predicted octanol–water partition coefficient (Wildman–Crippen LogP) is -1.04. The summed E-state index contributed by atoms with van der Waals surface area (Å²) in [6.07, 6.45) is -7.16. The summed E-state index contributed by atoms with van der Waals surface area (Å²) in [5.74, 6) is -14.8. The minimum absolute atomic E-state index is 0. The average Bonchev–Trinajstić information content (AvgIpc) is 1.98. The Morgan fingerprint density at radius 1 is 0.722 bits per heavy atom. The Kier molecular flexibility index (Phi) is 5.72. The Hall–Kier alpha value is 0.280. The molecule has 18 heavy (non-hydrogen) atoms. The molecule has 0 fully saturated rings. The normalized spacial score (nSPS) is 15.2. The van der Waals surface area contributed by atoms with E-state index in [1.165, 1.54) is 0 Å². The van der Waals surface area contributed by atoms with E-state index in [9.17, 15) is 52.5 Å². The fraction of sp³-hybridized carbons (Fsp3) is 1.00. The Balaban J connectivity index is 0. The van der Waals surface area contributed by atoms with Gasteiger partial charge in [-0.25, -0.2) is 8.42 Å². The summed E-state index contributed by atoms with van der Waals surface area (Å²) in [5, 5.41) is -7.11. The molecule has 0 radical (unpaired) electrons. The molecule has 14 heteroatoms. The Bertz CT molecular complexity index is 399. The molecular formula is C4F9NaO3S. The number of rotatable bonds is 3. The van der Waals surface area contributed by atoms with Crippen LogP contribution in [0.15, 0.2) is 0 Å². The van der Waals surface area contributed by atoms with E-state index in [0.717, 1.165) is 0 Å². The first-order valence-corrected chi connectivity index (χ1v) is 4.56. The number of halogens is 9. The first-order chi connectivity index (χ1) is 7.00. The van der Waals surface area contributed by atoms with Crippen LogP contribution in [-0.4, -0.2) is 36.2 Å². The van der Waals surface area contributed by atoms with Gasteiger partial charge >= 0.3 is 52.8 Å². The molecule has 0 unspecified atom stereocenters. The van der Waals surface area contributed by atoms with Crippen LogP contribution in [0.5, 0.6) is 0 Å². The molecule has 0 spiro atoms. The van der Waals surface area contributed by atoms with Crippen LogP contribution < -0.4 is 29.6 Å². The van der Waals surface area contributed by atoms with E-state index in [4.69, 9.17) is 0 Å². The maximum Gasteiger partial charge on any atom is 1.00 e. The molecule has 0 saturated carbocycles. The van der Waals surface area contributed by atoms with Crippen molar-refractivity contribution in [1.29, 1.82) is 0 Å². The van der Waals surface area contributed by atoms with Crippen molar-refractivity contribution in [1.82, 2.24) is 0 Å². The summed E-state index contributed by atoms with van der Waals surface area (Å²) in [4.78, 5) is 0. The molecule has 0 N–H and O–H groups in total. The van der Waals surface area contributed by atoms with Gasteiger partial charge in [0.1, 0.15) is 0 Å². The molecule has 104 valence electrons. The number of alkyl halides is 9. The largest absolute Gasteiger partial charge is 1.00 e. The van der Waals surface area contributed by atoms with E-state index < -0.39 is 33.4 Å². The minimum atomic E-state index is -7.43. The second-order valence-electron chi connectivity index (χ2n) is 2.62. The van der Waals surface area contributed by atoms with Crippen LogP contribution in [0.2, 0.25) is 0 Å². The predicted molar refractivity (Wildman–Crippen MR) is 30.6 cm³/mol. The van der Waals surface area contributed by atoms with E-state index in [1.54, 1.807) is 0 Å². The van der Waals surface area contributed by atoms with Crippen LogP contribution in [0.25, 0.3) is 0 Å². The maximum absolute atomic E-state index is 12.2. The molecular weight excluding hydrogens is 326 g/mol. The van der Waals surface area contributed by atoms with Crippen molar-refractivity contribution in [2.75, 3.05) is 0 Å². The van der Waals surface area contributed by atoms with Crippen LogP contribution in [0, 0.1) is 0 Å². The Morgan fingerprint density at radius 3 is 1.17 bits per heavy atom. The standard InChI is InChI=1S/C4HF9O3S.Na/c5-1(6,3(9,10)11)2(7,8)4(12,13)17(14,15)16;/h(H,14,15,16);/q;+1/p-1/i1+1,2+1,3+1,4+1;. The van der Waals surface area contributed by atoms with Gasteiger partial charge < -0.3 is 4.55 Å². The van der Waals surface area contributed by atoms with Crippen LogP contribution >= 0.6 is 0 Å². The SMILES string of the molecule is O=S(=O)([O-])[13C](F)(F)[13C](F)(F)[13C](F)(F)[13C](F)(F)F.[Na+]. The van der Waals surface area contributed by atoms with E-state index in [2.05, 4.69) is 0 Å². The maximum atomic E-state index is 12.2. The quantitative estimate of drug-likeness (QED) is 0.288. The van der Waals surface area contributed by atoms with Gasteiger partial charge in [0.2, 0.25) is 0 Å². The van der Waals surface area contributed by atoms with Gasteiger partial charge in [-0.05, 0) is 0 Å². The molecule has 0 aliphatic carbocycles. The summed E-state index contributed by atoms with van der Waals surface area (Å²) >= 11 is 0. The van der Waals surface area contributed by atoms with Crippen molar-refractivity contribution in [3.8, 4) is 0 Å². The van der Waals surface area contributed by atoms with Crippen molar-refractivity contribution in [3.05, 3.63) is 0 Å². The zero-order valence-corrected chi connectivity index (χ0v) is 10.9. The van der Waals surface area contributed by atoms with Gasteiger partial charge in [-0.2, -0.15) is 39.5 Å². The second kappa shape index (κ2) is 5.00. The van der Waals surface area contributed by atoms with Crippen molar-refractivity contribution in [2.45, 2.75) is 23.3 Å². The van der Waals surface area contributed by atoms with Crippen LogP contribution in [0.4, 0.5) is 39.5 Å². The molecule has 0 aromatic carbocycles. The molecule has 0 bridgehead atoms. The van der Waals surface area contributed by atoms with Gasteiger partial charge in [0.05, 0.1) is 0 Å². The van der Waals surface area contributed by atoms with E-state index >= 15 is 0 Å². The zero-order valence-electron chi connectivity index (χ0n) is 8.03. The second-order valence-corrected chi connectivity index (χ2v) is 4.04. The van der Waals surface area contributed by atoms with Crippen molar-refractivity contribution in [2.24, 2.45) is 0 Å². The monoisotopic (exact) mass is 326 g/mol. The molecule has 0 aromatic rings. The summed E-state index contributed by atoms with van der Waals surface area (Å²) in [7, 11) is -7.42. The number of hydrogen-bond donors (Lipinski definition) is 0. The number of hydrogen-bond acceptors (Lipinski definition) is 3. The minimum Gasteiger partial charge on any atom is -0.743 e. The van der Waals surface area contributed by atoms with Crippen molar-refractivity contribution >= 4 is 10.1 Å². The third-order valence-corrected chi connectivity index (χ3v) is 2.31. The van der Waals surface area contributed by atoms with E-state index in [0.29, 0.717) is 0 Å². The van der Waals surface area contributed by atoms with Gasteiger partial charge in [-0.1, -0.05) is 0 Å². The molecule has 0 aromatic heterocycles. The van der Waals surface area contributed by atoms with Crippen LogP contribution in [0.3, 0.4) is 0 Å². The molecule has 0 amide bonds. The molecule has 0 aliphatic heterocycles. The summed E-state index contributed by atoms with van der Waals surface area (Å²) in [6, 6.07) is 0. The van der Waals surface area contributed by atoms with Crippen LogP contribution in [0.1, 0.15) is 0 Å². The van der Waals surface area contributed by atoms with E-state index in [1.807, 2.05) is 0 Å². The van der Waals surface area contributed by atoms with Gasteiger partial charge in [0.25, 0.3) is 0 Å². The Labute approximate surface area is 115 Å². The van der Waals surface area contributed by atoms with Gasteiger partial charge in [-0.15, -0.1) is 0 Å². The van der Waals surface area contributed by atoms with Gasteiger partial charge in [-0.3, -0.25) is 0 Å². The molecule has 0 atom stereocenters. The molecule has 0 heterocycles. The molecule has 0 rings (SSSR count). The topological polar surface area (TPSA) is 57.2 Å². The smallest absolute Gasteiger partial charge is 0.743 e. The molecule has 0 aliphatic rings. The van der Waals surface area contributed by atoms with Gasteiger partial charge in [0.15, 0.2) is 10.1 Å². The first-order valence-electron chi connectivity index (χ1n) is 3.15. The van der Waals surface area contributed by atoms with Crippen LogP contribution in [-0.2, 0) is 10.1 Å². The third-order valence-electron chi connectivity index (χ3n) is 1.43. The molecule has 3 nitrogen and oxygen atoms in total. The fourth-order valence-electron chi connectivity index (χ4n) is 0.518. The summed E-state index contributed by atoms with van der Waals surface area (Å²) < 4.78 is 135. The first kappa shape index (κ1) is 20.6. The van der Waals surface area contributed by atoms with E-state index in [-0.39, 0.29) is 29.6 Å². The summed E-state index contributed by atoms with van der Waals surface area (Å²) in [6.45, 7) is 0. The third kappa shape index (κ3) is 2.89. The van der Waals surface area contributed by atoms with Gasteiger partial charge in [0, 0.05) is 0 Å². The zero-order chi connectivity index (χ0) is 14.5. The average molecular weight is 326 g/mol. The molecule has 0 saturated heterocycles. The van der Waals surface area contributed by atoms with Crippen molar-refractivity contribution in [3.63, 3.8) is 0 Å². The van der Waals surface area contributed by atoms with Crippen molar-refractivity contribution < 1.29 is 82.0 Å². The Morgan fingerprint density at radius 2 is 1.00 bits per heavy atom. The summed E-state index contributed by atoms with van der Waals surface area (Å²) in [5.41, 5.74) is 0. The fourth-order valence-corrected chi connectivity index (χ4v) is 0.960.